The third-order valence-corrected chi connectivity index (χ3v) is 5.95. The average molecular weight is 477 g/mol. The van der Waals surface area contributed by atoms with Crippen molar-refractivity contribution in [2.45, 2.75) is 12.1 Å². The quantitative estimate of drug-likeness (QED) is 0.314. The number of rotatable bonds is 7. The zero-order valence-electron chi connectivity index (χ0n) is 18.2. The second-order valence-corrected chi connectivity index (χ2v) is 8.40. The fraction of sp³-hybridized carbons (Fsp3) is 0.120. The number of amides is 2. The second-order valence-electron chi connectivity index (χ2n) is 7.46. The summed E-state index contributed by atoms with van der Waals surface area (Å²) in [6.45, 7) is 1.66. The van der Waals surface area contributed by atoms with Crippen molar-refractivity contribution >= 4 is 40.2 Å². The molecule has 0 atom stereocenters. The van der Waals surface area contributed by atoms with Gasteiger partial charge in [0.15, 0.2) is 5.16 Å². The Balaban J connectivity index is 1.48. The number of hydrogen-bond donors (Lipinski definition) is 2. The van der Waals surface area contributed by atoms with Crippen LogP contribution in [0.25, 0.3) is 16.6 Å². The van der Waals surface area contributed by atoms with E-state index < -0.39 is 17.6 Å². The first-order valence-corrected chi connectivity index (χ1v) is 11.4. The SMILES string of the molecule is Cc1ccccc1-n1c(SCC(=O)NCC(=O)Nc2ccc(F)cc2)nc2ccccc2c1=O. The number of carbonyl (C=O) groups excluding carboxylic acids is 2. The lowest BCUT2D eigenvalue weighted by Gasteiger charge is -2.15. The van der Waals surface area contributed by atoms with Crippen LogP contribution in [-0.4, -0.2) is 33.7 Å². The Labute approximate surface area is 199 Å². The van der Waals surface area contributed by atoms with E-state index in [2.05, 4.69) is 15.6 Å². The Morgan fingerprint density at radius 3 is 2.44 bits per heavy atom. The van der Waals surface area contributed by atoms with E-state index in [0.717, 1.165) is 17.3 Å². The summed E-state index contributed by atoms with van der Waals surface area (Å²) < 4.78 is 14.5. The molecular weight excluding hydrogens is 455 g/mol. The summed E-state index contributed by atoms with van der Waals surface area (Å²) in [5.74, 6) is -1.28. The number of aryl methyl sites for hydroxylation is 1. The first kappa shape index (κ1) is 23.2. The van der Waals surface area contributed by atoms with E-state index in [0.29, 0.717) is 27.4 Å². The summed E-state index contributed by atoms with van der Waals surface area (Å²) in [5.41, 5.74) is 2.33. The molecule has 0 unspecified atom stereocenters. The van der Waals surface area contributed by atoms with Gasteiger partial charge in [-0.2, -0.15) is 0 Å². The largest absolute Gasteiger partial charge is 0.346 e. The van der Waals surface area contributed by atoms with Gasteiger partial charge < -0.3 is 10.6 Å². The van der Waals surface area contributed by atoms with E-state index >= 15 is 0 Å². The van der Waals surface area contributed by atoms with Gasteiger partial charge in [-0.15, -0.1) is 0 Å². The number of anilines is 1. The van der Waals surface area contributed by atoms with Crippen molar-refractivity contribution in [2.24, 2.45) is 0 Å². The van der Waals surface area contributed by atoms with Crippen molar-refractivity contribution in [3.05, 3.63) is 94.5 Å². The normalized spacial score (nSPS) is 10.8. The Kier molecular flexibility index (Phi) is 7.03. The first-order valence-electron chi connectivity index (χ1n) is 10.4. The number of thioether (sulfide) groups is 1. The van der Waals surface area contributed by atoms with Gasteiger partial charge in [0.2, 0.25) is 11.8 Å². The molecule has 0 saturated carbocycles. The summed E-state index contributed by atoms with van der Waals surface area (Å²) in [6, 6.07) is 19.8. The van der Waals surface area contributed by atoms with Crippen molar-refractivity contribution < 1.29 is 14.0 Å². The number of nitrogens with one attached hydrogen (secondary N) is 2. The van der Waals surface area contributed by atoms with Crippen molar-refractivity contribution in [2.75, 3.05) is 17.6 Å². The third kappa shape index (κ3) is 5.32. The third-order valence-electron chi connectivity index (χ3n) is 5.01. The Hall–Kier alpha value is -3.98. The lowest BCUT2D eigenvalue weighted by atomic mass is 10.2. The monoisotopic (exact) mass is 476 g/mol. The number of para-hydroxylation sites is 2. The highest BCUT2D eigenvalue weighted by Crippen LogP contribution is 2.23. The zero-order valence-corrected chi connectivity index (χ0v) is 19.1. The molecule has 4 aromatic rings. The molecule has 0 saturated heterocycles. The topological polar surface area (TPSA) is 93.1 Å². The summed E-state index contributed by atoms with van der Waals surface area (Å²) in [5, 5.41) is 5.99. The minimum absolute atomic E-state index is 0.0412. The van der Waals surface area contributed by atoms with Crippen LogP contribution in [0, 0.1) is 12.7 Å². The van der Waals surface area contributed by atoms with Crippen LogP contribution in [0.3, 0.4) is 0 Å². The van der Waals surface area contributed by atoms with Crippen LogP contribution >= 0.6 is 11.8 Å². The fourth-order valence-corrected chi connectivity index (χ4v) is 4.17. The van der Waals surface area contributed by atoms with Gasteiger partial charge in [0.25, 0.3) is 5.56 Å². The van der Waals surface area contributed by atoms with E-state index in [1.54, 1.807) is 24.3 Å². The molecule has 1 aromatic heterocycles. The maximum atomic E-state index is 13.3. The smallest absolute Gasteiger partial charge is 0.266 e. The van der Waals surface area contributed by atoms with Crippen LogP contribution in [0.15, 0.2) is 82.7 Å². The fourth-order valence-electron chi connectivity index (χ4n) is 3.33. The highest BCUT2D eigenvalue weighted by Gasteiger charge is 2.16. The van der Waals surface area contributed by atoms with Gasteiger partial charge in [0, 0.05) is 5.69 Å². The number of hydrogen-bond acceptors (Lipinski definition) is 5. The number of benzene rings is 3. The maximum Gasteiger partial charge on any atom is 0.266 e. The summed E-state index contributed by atoms with van der Waals surface area (Å²) >= 11 is 1.11. The standard InChI is InChI=1S/C25H21FN4O3S/c1-16-6-2-5-9-21(16)30-24(33)19-7-3-4-8-20(19)29-25(30)34-15-23(32)27-14-22(31)28-18-12-10-17(26)11-13-18/h2-13H,14-15H2,1H3,(H,27,32)(H,28,31). The van der Waals surface area contributed by atoms with Crippen molar-refractivity contribution in [1.29, 1.82) is 0 Å². The molecule has 1 heterocycles. The number of aromatic nitrogens is 2. The zero-order chi connectivity index (χ0) is 24.1. The van der Waals surface area contributed by atoms with E-state index in [1.807, 2.05) is 31.2 Å². The Morgan fingerprint density at radius 2 is 1.68 bits per heavy atom. The maximum absolute atomic E-state index is 13.3. The van der Waals surface area contributed by atoms with Crippen LogP contribution in [0.4, 0.5) is 10.1 Å². The van der Waals surface area contributed by atoms with Crippen molar-refractivity contribution in [1.82, 2.24) is 14.9 Å². The molecule has 7 nitrogen and oxygen atoms in total. The molecular formula is C25H21FN4O3S. The van der Waals surface area contributed by atoms with Gasteiger partial charge in [-0.3, -0.25) is 19.0 Å². The lowest BCUT2D eigenvalue weighted by Crippen LogP contribution is -2.34. The molecule has 0 aliphatic rings. The van der Waals surface area contributed by atoms with Crippen LogP contribution in [0.2, 0.25) is 0 Å². The van der Waals surface area contributed by atoms with Gasteiger partial charge >= 0.3 is 0 Å². The molecule has 3 aromatic carbocycles. The number of fused-ring (bicyclic) bond motifs is 1. The number of carbonyl (C=O) groups is 2. The van der Waals surface area contributed by atoms with Crippen LogP contribution in [-0.2, 0) is 9.59 Å². The molecule has 4 rings (SSSR count). The van der Waals surface area contributed by atoms with Gasteiger partial charge in [0.05, 0.1) is 28.9 Å². The van der Waals surface area contributed by atoms with Crippen LogP contribution < -0.4 is 16.2 Å². The minimum Gasteiger partial charge on any atom is -0.346 e. The highest BCUT2D eigenvalue weighted by atomic mass is 32.2. The molecule has 0 spiro atoms. The number of nitrogens with zero attached hydrogens (tertiary/aromatic N) is 2. The predicted octanol–water partition coefficient (Wildman–Crippen LogP) is 3.68. The van der Waals surface area contributed by atoms with Crippen LogP contribution in [0.1, 0.15) is 5.56 Å². The number of halogens is 1. The molecule has 0 fully saturated rings. The predicted molar refractivity (Wildman–Crippen MR) is 131 cm³/mol. The molecule has 0 radical (unpaired) electrons. The molecule has 172 valence electrons. The molecule has 2 amide bonds. The van der Waals surface area contributed by atoms with Gasteiger partial charge in [-0.25, -0.2) is 9.37 Å². The van der Waals surface area contributed by atoms with Gasteiger partial charge in [-0.1, -0.05) is 42.1 Å². The highest BCUT2D eigenvalue weighted by molar-refractivity contribution is 7.99. The van der Waals surface area contributed by atoms with E-state index in [4.69, 9.17) is 0 Å². The van der Waals surface area contributed by atoms with Gasteiger partial charge in [-0.05, 0) is 55.0 Å². The molecule has 2 N–H and O–H groups in total. The molecule has 0 bridgehead atoms. The lowest BCUT2D eigenvalue weighted by molar-refractivity contribution is -0.122. The van der Waals surface area contributed by atoms with Gasteiger partial charge in [0.1, 0.15) is 5.82 Å². The molecule has 9 heteroatoms. The molecule has 0 aliphatic carbocycles. The Morgan fingerprint density at radius 1 is 0.971 bits per heavy atom. The first-order chi connectivity index (χ1) is 16.4. The van der Waals surface area contributed by atoms with E-state index in [-0.39, 0.29) is 17.9 Å². The van der Waals surface area contributed by atoms with Crippen molar-refractivity contribution in [3.8, 4) is 5.69 Å². The molecule has 34 heavy (non-hydrogen) atoms. The summed E-state index contributed by atoms with van der Waals surface area (Å²) in [4.78, 5) is 42.4. The summed E-state index contributed by atoms with van der Waals surface area (Å²) in [6.07, 6.45) is 0. The van der Waals surface area contributed by atoms with Crippen LogP contribution in [0.5, 0.6) is 0 Å². The van der Waals surface area contributed by atoms with E-state index in [9.17, 15) is 18.8 Å². The van der Waals surface area contributed by atoms with Crippen molar-refractivity contribution in [3.63, 3.8) is 0 Å². The average Bonchev–Trinajstić information content (AvgIpc) is 2.84. The Bertz CT molecular complexity index is 1420. The molecule has 0 aliphatic heterocycles. The summed E-state index contributed by atoms with van der Waals surface area (Å²) in [7, 11) is 0. The van der Waals surface area contributed by atoms with E-state index in [1.165, 1.54) is 28.8 Å². The second kappa shape index (κ2) is 10.3. The minimum atomic E-state index is -0.439.